The third kappa shape index (κ3) is 4.73. The molecule has 0 atom stereocenters. The summed E-state index contributed by atoms with van der Waals surface area (Å²) in [7, 11) is 0. The van der Waals surface area contributed by atoms with E-state index < -0.39 is 0 Å². The largest absolute Gasteiger partial charge is 0.473 e. The number of benzene rings is 2. The van der Waals surface area contributed by atoms with Crippen molar-refractivity contribution in [1.29, 1.82) is 0 Å². The van der Waals surface area contributed by atoms with Gasteiger partial charge in [-0.15, -0.1) is 0 Å². The number of anilines is 1. The summed E-state index contributed by atoms with van der Waals surface area (Å²) < 4.78 is 6.54. The van der Waals surface area contributed by atoms with E-state index >= 15 is 0 Å². The Labute approximate surface area is 131 Å². The average Bonchev–Trinajstić information content (AvgIpc) is 2.44. The zero-order valence-electron chi connectivity index (χ0n) is 11.0. The van der Waals surface area contributed by atoms with Gasteiger partial charge in [-0.25, -0.2) is 4.79 Å². The predicted octanol–water partition coefficient (Wildman–Crippen LogP) is 3.76. The Balaban J connectivity index is 1.75. The highest BCUT2D eigenvalue weighted by Gasteiger charge is 2.01. The lowest BCUT2D eigenvalue weighted by Crippen LogP contribution is -2.31. The zero-order chi connectivity index (χ0) is 14.4. The molecule has 0 aliphatic carbocycles. The van der Waals surface area contributed by atoms with E-state index in [1.54, 1.807) is 0 Å². The SMILES string of the molecule is Cc1ccc(OCNC(=O)Nc2ccc(I)cc2)cc1. The van der Waals surface area contributed by atoms with Crippen molar-refractivity contribution in [3.8, 4) is 5.75 Å². The van der Waals surface area contributed by atoms with Gasteiger partial charge in [0.1, 0.15) is 5.75 Å². The van der Waals surface area contributed by atoms with Crippen molar-refractivity contribution in [2.24, 2.45) is 0 Å². The number of carbonyl (C=O) groups is 1. The third-order valence-electron chi connectivity index (χ3n) is 2.59. The van der Waals surface area contributed by atoms with E-state index in [1.165, 1.54) is 5.56 Å². The van der Waals surface area contributed by atoms with Gasteiger partial charge < -0.3 is 15.4 Å². The first-order valence-electron chi connectivity index (χ1n) is 6.13. The summed E-state index contributed by atoms with van der Waals surface area (Å²) in [4.78, 5) is 11.6. The second-order valence-corrected chi connectivity index (χ2v) is 5.49. The summed E-state index contributed by atoms with van der Waals surface area (Å²) in [5.74, 6) is 0.727. The number of halogens is 1. The Morgan fingerprint density at radius 3 is 2.40 bits per heavy atom. The number of carbonyl (C=O) groups excluding carboxylic acids is 1. The fourth-order valence-electron chi connectivity index (χ4n) is 1.53. The Morgan fingerprint density at radius 2 is 1.75 bits per heavy atom. The monoisotopic (exact) mass is 382 g/mol. The number of hydrogen-bond acceptors (Lipinski definition) is 2. The van der Waals surface area contributed by atoms with E-state index in [-0.39, 0.29) is 12.8 Å². The van der Waals surface area contributed by atoms with E-state index in [0.29, 0.717) is 0 Å². The maximum absolute atomic E-state index is 11.6. The van der Waals surface area contributed by atoms with E-state index in [2.05, 4.69) is 33.2 Å². The topological polar surface area (TPSA) is 50.4 Å². The van der Waals surface area contributed by atoms with Crippen LogP contribution in [-0.4, -0.2) is 12.8 Å². The molecule has 104 valence electrons. The van der Waals surface area contributed by atoms with Crippen LogP contribution in [0.4, 0.5) is 10.5 Å². The number of nitrogens with one attached hydrogen (secondary N) is 2. The molecule has 0 bridgehead atoms. The van der Waals surface area contributed by atoms with Crippen LogP contribution in [0.2, 0.25) is 0 Å². The zero-order valence-corrected chi connectivity index (χ0v) is 13.2. The number of urea groups is 1. The molecule has 0 aliphatic heterocycles. The van der Waals surface area contributed by atoms with E-state index in [9.17, 15) is 4.79 Å². The van der Waals surface area contributed by atoms with Gasteiger partial charge in [-0.3, -0.25) is 0 Å². The lowest BCUT2D eigenvalue weighted by atomic mass is 10.2. The lowest BCUT2D eigenvalue weighted by molar-refractivity contribution is 0.234. The second kappa shape index (κ2) is 7.14. The van der Waals surface area contributed by atoms with Crippen LogP contribution in [0.3, 0.4) is 0 Å². The van der Waals surface area contributed by atoms with Gasteiger partial charge in [0.2, 0.25) is 0 Å². The first kappa shape index (κ1) is 14.6. The first-order chi connectivity index (χ1) is 9.63. The molecule has 0 spiro atoms. The van der Waals surface area contributed by atoms with Crippen LogP contribution in [0, 0.1) is 10.5 Å². The minimum Gasteiger partial charge on any atom is -0.473 e. The highest BCUT2D eigenvalue weighted by Crippen LogP contribution is 2.12. The Kier molecular flexibility index (Phi) is 5.23. The lowest BCUT2D eigenvalue weighted by Gasteiger charge is -2.09. The van der Waals surface area contributed by atoms with Gasteiger partial charge in [0.05, 0.1) is 0 Å². The minimum atomic E-state index is -0.293. The van der Waals surface area contributed by atoms with Crippen LogP contribution < -0.4 is 15.4 Å². The van der Waals surface area contributed by atoms with Crippen LogP contribution in [0.25, 0.3) is 0 Å². The van der Waals surface area contributed by atoms with Gasteiger partial charge in [-0.05, 0) is 65.9 Å². The molecule has 0 heterocycles. The van der Waals surface area contributed by atoms with E-state index in [0.717, 1.165) is 15.0 Å². The van der Waals surface area contributed by atoms with Crippen LogP contribution in [-0.2, 0) is 0 Å². The van der Waals surface area contributed by atoms with Crippen LogP contribution in [0.1, 0.15) is 5.56 Å². The molecule has 0 saturated heterocycles. The Morgan fingerprint density at radius 1 is 1.10 bits per heavy atom. The molecule has 2 aromatic carbocycles. The summed E-state index contributed by atoms with van der Waals surface area (Å²) in [5.41, 5.74) is 1.92. The molecule has 2 aromatic rings. The van der Waals surface area contributed by atoms with E-state index in [4.69, 9.17) is 4.74 Å². The number of aryl methyl sites for hydroxylation is 1. The molecule has 5 heteroatoms. The molecule has 0 radical (unpaired) electrons. The smallest absolute Gasteiger partial charge is 0.321 e. The number of amides is 2. The molecule has 2 amide bonds. The molecule has 2 N–H and O–H groups in total. The molecule has 4 nitrogen and oxygen atoms in total. The molecule has 0 fully saturated rings. The van der Waals surface area contributed by atoms with Gasteiger partial charge >= 0.3 is 6.03 Å². The summed E-state index contributed by atoms with van der Waals surface area (Å²) >= 11 is 2.21. The van der Waals surface area contributed by atoms with Gasteiger partial charge in [0.15, 0.2) is 6.73 Å². The third-order valence-corrected chi connectivity index (χ3v) is 3.31. The fourth-order valence-corrected chi connectivity index (χ4v) is 1.89. The van der Waals surface area contributed by atoms with Gasteiger partial charge in [0, 0.05) is 9.26 Å². The molecule has 0 unspecified atom stereocenters. The summed E-state index contributed by atoms with van der Waals surface area (Å²) in [6.45, 7) is 2.13. The van der Waals surface area contributed by atoms with Crippen molar-refractivity contribution in [3.05, 3.63) is 57.7 Å². The highest BCUT2D eigenvalue weighted by atomic mass is 127. The van der Waals surface area contributed by atoms with Crippen LogP contribution in [0.5, 0.6) is 5.75 Å². The van der Waals surface area contributed by atoms with E-state index in [1.807, 2.05) is 55.5 Å². The molecule has 2 rings (SSSR count). The van der Waals surface area contributed by atoms with Crippen LogP contribution >= 0.6 is 22.6 Å². The van der Waals surface area contributed by atoms with Crippen molar-refractivity contribution < 1.29 is 9.53 Å². The average molecular weight is 382 g/mol. The first-order valence-corrected chi connectivity index (χ1v) is 7.21. The predicted molar refractivity (Wildman–Crippen MR) is 88.0 cm³/mol. The van der Waals surface area contributed by atoms with Gasteiger partial charge in [-0.2, -0.15) is 0 Å². The Hall–Kier alpha value is -1.76. The number of hydrogen-bond donors (Lipinski definition) is 2. The van der Waals surface area contributed by atoms with Crippen molar-refractivity contribution >= 4 is 34.3 Å². The van der Waals surface area contributed by atoms with Crippen molar-refractivity contribution in [2.75, 3.05) is 12.0 Å². The number of rotatable bonds is 4. The maximum atomic E-state index is 11.6. The van der Waals surface area contributed by atoms with Gasteiger partial charge in [-0.1, -0.05) is 17.7 Å². The van der Waals surface area contributed by atoms with Gasteiger partial charge in [0.25, 0.3) is 0 Å². The maximum Gasteiger partial charge on any atom is 0.321 e. The molecular formula is C15H15IN2O2. The fraction of sp³-hybridized carbons (Fsp3) is 0.133. The highest BCUT2D eigenvalue weighted by molar-refractivity contribution is 14.1. The quantitative estimate of drug-likeness (QED) is 0.625. The van der Waals surface area contributed by atoms with Crippen molar-refractivity contribution in [3.63, 3.8) is 0 Å². The molecular weight excluding hydrogens is 367 g/mol. The molecule has 0 aromatic heterocycles. The molecule has 0 aliphatic rings. The minimum absolute atomic E-state index is 0.124. The van der Waals surface area contributed by atoms with Crippen LogP contribution in [0.15, 0.2) is 48.5 Å². The normalized spacial score (nSPS) is 9.90. The molecule has 20 heavy (non-hydrogen) atoms. The standard InChI is InChI=1S/C15H15IN2O2/c1-11-2-8-14(9-3-11)20-10-17-15(19)18-13-6-4-12(16)5-7-13/h2-9H,10H2,1H3,(H2,17,18,19). The second-order valence-electron chi connectivity index (χ2n) is 4.24. The Bertz CT molecular complexity index is 567. The van der Waals surface area contributed by atoms with Crippen molar-refractivity contribution in [1.82, 2.24) is 5.32 Å². The molecule has 0 saturated carbocycles. The summed E-state index contributed by atoms with van der Waals surface area (Å²) in [5, 5.41) is 5.37. The summed E-state index contributed by atoms with van der Waals surface area (Å²) in [6.07, 6.45) is 0. The van der Waals surface area contributed by atoms with Crippen molar-refractivity contribution in [2.45, 2.75) is 6.92 Å². The number of ether oxygens (including phenoxy) is 1. The summed E-state index contributed by atoms with van der Waals surface area (Å²) in [6, 6.07) is 14.9.